The smallest absolute Gasteiger partial charge is 0.273 e. The van der Waals surface area contributed by atoms with E-state index in [4.69, 9.17) is 14.8 Å². The molecule has 0 saturated carbocycles. The van der Waals surface area contributed by atoms with E-state index in [1.54, 1.807) is 0 Å². The molecule has 7 rings (SSSR count). The van der Waals surface area contributed by atoms with Crippen LogP contribution in [-0.2, 0) is 16.2 Å². The molecule has 0 N–H and O–H groups in total. The van der Waals surface area contributed by atoms with Gasteiger partial charge in [-0.2, -0.15) is 4.68 Å². The summed E-state index contributed by atoms with van der Waals surface area (Å²) in [6, 6.07) is 35.8. The zero-order valence-corrected chi connectivity index (χ0v) is 30.0. The summed E-state index contributed by atoms with van der Waals surface area (Å²) in [5, 5.41) is 7.39. The summed E-state index contributed by atoms with van der Waals surface area (Å²) in [6.07, 6.45) is 5.44. The van der Waals surface area contributed by atoms with Gasteiger partial charge >= 0.3 is 0 Å². The van der Waals surface area contributed by atoms with Gasteiger partial charge in [-0.25, -0.2) is 4.98 Å². The van der Waals surface area contributed by atoms with Crippen LogP contribution in [0.5, 0.6) is 11.5 Å². The molecule has 3 heterocycles. The number of nitrogens with zero attached hydrogens (tertiary/aromatic N) is 5. The highest BCUT2D eigenvalue weighted by molar-refractivity contribution is 6.09. The van der Waals surface area contributed by atoms with Crippen molar-refractivity contribution in [1.82, 2.24) is 19.2 Å². The van der Waals surface area contributed by atoms with E-state index in [0.717, 1.165) is 50.9 Å². The van der Waals surface area contributed by atoms with Crippen LogP contribution in [0.1, 0.15) is 79.3 Å². The Morgan fingerprint density at radius 3 is 2.06 bits per heavy atom. The van der Waals surface area contributed by atoms with Crippen molar-refractivity contribution in [1.29, 1.82) is 0 Å². The van der Waals surface area contributed by atoms with Crippen molar-refractivity contribution >= 4 is 21.8 Å². The number of para-hydroxylation sites is 1. The van der Waals surface area contributed by atoms with Crippen molar-refractivity contribution in [2.45, 2.75) is 78.6 Å². The fraction of sp³-hybridized carbons (Fsp3) is 0.279. The summed E-state index contributed by atoms with van der Waals surface area (Å²) in [7, 11) is 0. The van der Waals surface area contributed by atoms with Gasteiger partial charge < -0.3 is 4.74 Å². The number of hydrogen-bond acceptors (Lipinski definition) is 3. The fourth-order valence-electron chi connectivity index (χ4n) is 6.28. The Labute approximate surface area is 289 Å². The maximum atomic E-state index is 6.60. The third-order valence-corrected chi connectivity index (χ3v) is 9.03. The molecule has 6 nitrogen and oxygen atoms in total. The van der Waals surface area contributed by atoms with Crippen LogP contribution in [0.2, 0.25) is 0 Å². The maximum Gasteiger partial charge on any atom is 0.273 e. The molecule has 0 spiro atoms. The Kier molecular flexibility index (Phi) is 7.74. The molecule has 0 aliphatic heterocycles. The largest absolute Gasteiger partial charge is 0.458 e. The van der Waals surface area contributed by atoms with Crippen molar-refractivity contribution in [2.24, 2.45) is 0 Å². The van der Waals surface area contributed by atoms with Crippen LogP contribution < -0.4 is 9.42 Å². The van der Waals surface area contributed by atoms with Crippen molar-refractivity contribution in [3.8, 4) is 28.7 Å². The molecule has 7 aromatic rings. The molecule has 49 heavy (non-hydrogen) atoms. The zero-order chi connectivity index (χ0) is 34.7. The van der Waals surface area contributed by atoms with E-state index in [0.29, 0.717) is 0 Å². The molecule has 0 radical (unpaired) electrons. The second-order valence-corrected chi connectivity index (χ2v) is 16.0. The average molecular weight is 648 g/mol. The topological polar surface area (TPSA) is 48.8 Å². The van der Waals surface area contributed by atoms with Gasteiger partial charge in [0.25, 0.3) is 6.33 Å². The van der Waals surface area contributed by atoms with E-state index >= 15 is 0 Å². The number of rotatable bonds is 5. The van der Waals surface area contributed by atoms with Gasteiger partial charge in [-0.15, -0.1) is 5.10 Å². The van der Waals surface area contributed by atoms with Crippen molar-refractivity contribution in [3.05, 3.63) is 133 Å². The fourth-order valence-corrected chi connectivity index (χ4v) is 6.28. The highest BCUT2D eigenvalue weighted by Gasteiger charge is 2.25. The third kappa shape index (κ3) is 6.24. The summed E-state index contributed by atoms with van der Waals surface area (Å²) in [5.41, 5.74) is 6.37. The standard InChI is InChI=1S/C43H45N5O/c1-41(2,3)29-14-12-16-32(24-29)47-28-46(40(45-47)43(7,8)9)31-15-13-17-33(26-31)49-34-20-21-36-35-18-10-11-19-37(35)48(38(36)27-34)39-25-30(22-23-44-39)42(4,5)6/h10-27H,1-9H3. The molecular formula is C43H45N5O. The minimum absolute atomic E-state index is 0.00495. The molecule has 0 fully saturated rings. The van der Waals surface area contributed by atoms with Gasteiger partial charge in [0.15, 0.2) is 5.82 Å². The van der Waals surface area contributed by atoms with Gasteiger partial charge in [-0.3, -0.25) is 9.13 Å². The lowest BCUT2D eigenvalue weighted by Gasteiger charge is -2.20. The summed E-state index contributed by atoms with van der Waals surface area (Å²) >= 11 is 0. The highest BCUT2D eigenvalue weighted by Crippen LogP contribution is 2.36. The number of pyridine rings is 1. The summed E-state index contributed by atoms with van der Waals surface area (Å²) in [5.74, 6) is 3.28. The van der Waals surface area contributed by atoms with Crippen LogP contribution >= 0.6 is 0 Å². The van der Waals surface area contributed by atoms with Gasteiger partial charge in [-0.1, -0.05) is 117 Å². The third-order valence-electron chi connectivity index (χ3n) is 9.03. The number of fused-ring (bicyclic) bond motifs is 3. The summed E-state index contributed by atoms with van der Waals surface area (Å²) < 4.78 is 12.7. The molecule has 6 heteroatoms. The lowest BCUT2D eigenvalue weighted by molar-refractivity contribution is -0.662. The van der Waals surface area contributed by atoms with Crippen LogP contribution in [-0.4, -0.2) is 19.2 Å². The zero-order valence-electron chi connectivity index (χ0n) is 30.0. The predicted molar refractivity (Wildman–Crippen MR) is 199 cm³/mol. The van der Waals surface area contributed by atoms with Crippen molar-refractivity contribution in [3.63, 3.8) is 0 Å². The first-order chi connectivity index (χ1) is 23.2. The van der Waals surface area contributed by atoms with Gasteiger partial charge in [-0.05, 0) is 64.4 Å². The van der Waals surface area contributed by atoms with Crippen LogP contribution in [0.15, 0.2) is 109 Å². The number of hydrogen-bond donors (Lipinski definition) is 0. The average Bonchev–Trinajstić information content (AvgIpc) is 3.65. The van der Waals surface area contributed by atoms with Gasteiger partial charge in [0.1, 0.15) is 17.3 Å². The van der Waals surface area contributed by atoms with E-state index in [1.165, 1.54) is 16.5 Å². The molecule has 0 amide bonds. The lowest BCUT2D eigenvalue weighted by Crippen LogP contribution is -2.34. The van der Waals surface area contributed by atoms with E-state index in [9.17, 15) is 0 Å². The summed E-state index contributed by atoms with van der Waals surface area (Å²) in [4.78, 5) is 4.83. The molecule has 0 unspecified atom stereocenters. The molecule has 4 aromatic carbocycles. The normalized spacial score (nSPS) is 12.6. The predicted octanol–water partition coefficient (Wildman–Crippen LogP) is 10.1. The Morgan fingerprint density at radius 2 is 1.31 bits per heavy atom. The Balaban J connectivity index is 1.29. The van der Waals surface area contributed by atoms with Crippen LogP contribution in [0, 0.1) is 6.33 Å². The quantitative estimate of drug-likeness (QED) is 0.138. The maximum absolute atomic E-state index is 6.60. The number of benzene rings is 4. The van der Waals surface area contributed by atoms with Crippen LogP contribution in [0.25, 0.3) is 39.0 Å². The van der Waals surface area contributed by atoms with Crippen LogP contribution in [0.4, 0.5) is 0 Å². The van der Waals surface area contributed by atoms with Crippen LogP contribution in [0.3, 0.4) is 0 Å². The van der Waals surface area contributed by atoms with Gasteiger partial charge in [0, 0.05) is 28.5 Å². The highest BCUT2D eigenvalue weighted by atomic mass is 16.5. The molecule has 3 aromatic heterocycles. The Hall–Kier alpha value is -5.23. The molecular weight excluding hydrogens is 603 g/mol. The number of aromatic nitrogens is 5. The first kappa shape index (κ1) is 32.3. The molecule has 0 aliphatic carbocycles. The summed E-state index contributed by atoms with van der Waals surface area (Å²) in [6.45, 7) is 19.9. The first-order valence-electron chi connectivity index (χ1n) is 17.0. The first-order valence-corrected chi connectivity index (χ1v) is 17.0. The molecule has 0 bridgehead atoms. The molecule has 0 aliphatic rings. The minimum atomic E-state index is -0.225. The van der Waals surface area contributed by atoms with Gasteiger partial charge in [0.05, 0.1) is 22.4 Å². The van der Waals surface area contributed by atoms with Crippen molar-refractivity contribution < 1.29 is 9.42 Å². The van der Waals surface area contributed by atoms with E-state index in [1.807, 2.05) is 33.6 Å². The number of ether oxygens (including phenoxy) is 1. The Morgan fingerprint density at radius 1 is 0.612 bits per heavy atom. The van der Waals surface area contributed by atoms with Crippen molar-refractivity contribution in [2.75, 3.05) is 0 Å². The molecule has 248 valence electrons. The monoisotopic (exact) mass is 647 g/mol. The SMILES string of the molecule is CC(C)(C)c1cccc(-[n+]2[c-]n(-c3cccc(Oc4ccc5c6ccccc6n(-c6cc(C(C)(C)C)ccn6)c5c4)c3)c(C(C)(C)C)n2)c1. The lowest BCUT2D eigenvalue weighted by atomic mass is 9.87. The molecule has 0 atom stereocenters. The Bertz CT molecular complexity index is 2320. The van der Waals surface area contributed by atoms with E-state index in [2.05, 4.69) is 158 Å². The minimum Gasteiger partial charge on any atom is -0.458 e. The van der Waals surface area contributed by atoms with E-state index in [-0.39, 0.29) is 16.2 Å². The second kappa shape index (κ2) is 11.7. The second-order valence-electron chi connectivity index (χ2n) is 16.0. The van der Waals surface area contributed by atoms with E-state index < -0.39 is 0 Å². The van der Waals surface area contributed by atoms with Gasteiger partial charge in [0.2, 0.25) is 0 Å². The molecule has 0 saturated heterocycles.